The van der Waals surface area contributed by atoms with Crippen molar-refractivity contribution in [3.8, 4) is 0 Å². The summed E-state index contributed by atoms with van der Waals surface area (Å²) < 4.78 is 2.57. The smallest absolute Gasteiger partial charge is 0.261 e. The normalized spacial score (nSPS) is 10.9. The maximum atomic E-state index is 12.4. The van der Waals surface area contributed by atoms with Gasteiger partial charge in [-0.15, -0.1) is 0 Å². The van der Waals surface area contributed by atoms with Gasteiger partial charge >= 0.3 is 0 Å². The molecule has 5 heteroatoms. The van der Waals surface area contributed by atoms with E-state index in [-0.39, 0.29) is 5.56 Å². The Balaban J connectivity index is 2.08. The lowest BCUT2D eigenvalue weighted by Crippen LogP contribution is -2.21. The summed E-state index contributed by atoms with van der Waals surface area (Å²) in [5, 5.41) is 1.08. The molecule has 1 heterocycles. The molecular weight excluding hydrogens is 340 g/mol. The monoisotopic (exact) mass is 348 g/mol. The molecule has 0 saturated heterocycles. The van der Waals surface area contributed by atoms with Crippen molar-refractivity contribution < 1.29 is 0 Å². The molecule has 0 atom stereocenters. The number of rotatable bonds is 2. The van der Waals surface area contributed by atoms with E-state index in [4.69, 9.17) is 11.6 Å². The van der Waals surface area contributed by atoms with Crippen molar-refractivity contribution in [2.45, 2.75) is 6.54 Å². The first-order valence-electron chi connectivity index (χ1n) is 6.02. The van der Waals surface area contributed by atoms with Crippen LogP contribution in [0.2, 0.25) is 5.02 Å². The Morgan fingerprint density at radius 1 is 1.20 bits per heavy atom. The van der Waals surface area contributed by atoms with Crippen molar-refractivity contribution in [1.82, 2.24) is 9.55 Å². The average Bonchev–Trinajstić information content (AvgIpc) is 2.43. The molecule has 0 radical (unpaired) electrons. The van der Waals surface area contributed by atoms with Gasteiger partial charge in [0.1, 0.15) is 0 Å². The van der Waals surface area contributed by atoms with Gasteiger partial charge in [0.05, 0.1) is 23.8 Å². The van der Waals surface area contributed by atoms with Gasteiger partial charge in [-0.1, -0.05) is 39.7 Å². The van der Waals surface area contributed by atoms with Crippen LogP contribution in [0, 0.1) is 0 Å². The Labute approximate surface area is 129 Å². The topological polar surface area (TPSA) is 34.9 Å². The highest BCUT2D eigenvalue weighted by atomic mass is 79.9. The number of halogens is 2. The Kier molecular flexibility index (Phi) is 3.59. The fraction of sp³-hybridized carbons (Fsp3) is 0.0667. The Morgan fingerprint density at radius 3 is 2.85 bits per heavy atom. The van der Waals surface area contributed by atoms with Gasteiger partial charge in [-0.05, 0) is 35.9 Å². The molecule has 0 fully saturated rings. The molecule has 3 aromatic rings. The van der Waals surface area contributed by atoms with E-state index in [9.17, 15) is 4.79 Å². The molecule has 1 aromatic heterocycles. The van der Waals surface area contributed by atoms with Crippen LogP contribution in [0.4, 0.5) is 0 Å². The molecule has 0 bridgehead atoms. The van der Waals surface area contributed by atoms with E-state index in [1.165, 1.54) is 0 Å². The summed E-state index contributed by atoms with van der Waals surface area (Å²) in [5.74, 6) is 0. The number of aromatic nitrogens is 2. The molecule has 0 aliphatic heterocycles. The maximum absolute atomic E-state index is 12.4. The molecule has 3 rings (SSSR count). The molecule has 0 unspecified atom stereocenters. The van der Waals surface area contributed by atoms with Gasteiger partial charge in [0.25, 0.3) is 5.56 Å². The fourth-order valence-corrected chi connectivity index (χ4v) is 2.69. The molecule has 100 valence electrons. The molecule has 20 heavy (non-hydrogen) atoms. The van der Waals surface area contributed by atoms with Crippen LogP contribution in [0.25, 0.3) is 10.9 Å². The Morgan fingerprint density at radius 2 is 2.05 bits per heavy atom. The number of benzene rings is 2. The van der Waals surface area contributed by atoms with Gasteiger partial charge in [-0.3, -0.25) is 9.36 Å². The summed E-state index contributed by atoms with van der Waals surface area (Å²) >= 11 is 9.36. The molecule has 0 saturated carbocycles. The fourth-order valence-electron chi connectivity index (χ4n) is 2.08. The summed E-state index contributed by atoms with van der Waals surface area (Å²) in [6.45, 7) is 0.480. The summed E-state index contributed by atoms with van der Waals surface area (Å²) in [4.78, 5) is 16.7. The summed E-state index contributed by atoms with van der Waals surface area (Å²) in [7, 11) is 0. The van der Waals surface area contributed by atoms with E-state index in [2.05, 4.69) is 20.9 Å². The van der Waals surface area contributed by atoms with Crippen LogP contribution >= 0.6 is 27.5 Å². The number of hydrogen-bond acceptors (Lipinski definition) is 2. The zero-order valence-corrected chi connectivity index (χ0v) is 12.7. The highest BCUT2D eigenvalue weighted by Crippen LogP contribution is 2.15. The van der Waals surface area contributed by atoms with E-state index >= 15 is 0 Å². The van der Waals surface area contributed by atoms with Gasteiger partial charge in [-0.25, -0.2) is 4.98 Å². The maximum Gasteiger partial charge on any atom is 0.261 e. The van der Waals surface area contributed by atoms with Crippen molar-refractivity contribution >= 4 is 38.4 Å². The average molecular weight is 350 g/mol. The first-order chi connectivity index (χ1) is 9.63. The first-order valence-corrected chi connectivity index (χ1v) is 7.20. The lowest BCUT2D eigenvalue weighted by molar-refractivity contribution is 0.748. The van der Waals surface area contributed by atoms with Gasteiger partial charge in [-0.2, -0.15) is 0 Å². The first kappa shape index (κ1) is 13.3. The van der Waals surface area contributed by atoms with E-state index in [0.29, 0.717) is 22.5 Å². The third kappa shape index (κ3) is 2.62. The SMILES string of the molecule is O=c1c2cc(Cl)ccc2ncn1Cc1cccc(Br)c1. The highest BCUT2D eigenvalue weighted by molar-refractivity contribution is 9.10. The van der Waals surface area contributed by atoms with Crippen LogP contribution < -0.4 is 5.56 Å². The van der Waals surface area contributed by atoms with Crippen molar-refractivity contribution in [3.05, 3.63) is 74.2 Å². The quantitative estimate of drug-likeness (QED) is 0.704. The Bertz CT molecular complexity index is 845. The Hall–Kier alpha value is -1.65. The minimum atomic E-state index is -0.0857. The second kappa shape index (κ2) is 5.38. The molecule has 0 spiro atoms. The third-order valence-corrected chi connectivity index (χ3v) is 3.76. The molecule has 2 aromatic carbocycles. The predicted molar refractivity (Wildman–Crippen MR) is 84.3 cm³/mol. The van der Waals surface area contributed by atoms with Crippen LogP contribution in [0.3, 0.4) is 0 Å². The van der Waals surface area contributed by atoms with Gasteiger partial charge in [0.15, 0.2) is 0 Å². The van der Waals surface area contributed by atoms with Gasteiger partial charge < -0.3 is 0 Å². The molecule has 3 nitrogen and oxygen atoms in total. The second-order valence-electron chi connectivity index (χ2n) is 4.47. The number of nitrogens with zero attached hydrogens (tertiary/aromatic N) is 2. The van der Waals surface area contributed by atoms with Crippen molar-refractivity contribution in [2.24, 2.45) is 0 Å². The predicted octanol–water partition coefficient (Wildman–Crippen LogP) is 3.86. The molecule has 0 amide bonds. The number of hydrogen-bond donors (Lipinski definition) is 0. The van der Waals surface area contributed by atoms with Crippen molar-refractivity contribution in [1.29, 1.82) is 0 Å². The van der Waals surface area contributed by atoms with E-state index in [0.717, 1.165) is 10.0 Å². The van der Waals surface area contributed by atoms with Gasteiger partial charge in [0.2, 0.25) is 0 Å². The summed E-state index contributed by atoms with van der Waals surface area (Å²) in [6, 6.07) is 13.0. The zero-order chi connectivity index (χ0) is 14.1. The largest absolute Gasteiger partial charge is 0.294 e. The summed E-state index contributed by atoms with van der Waals surface area (Å²) in [6.07, 6.45) is 1.57. The molecule has 0 aliphatic rings. The molecular formula is C15H10BrClN2O. The molecule has 0 aliphatic carbocycles. The van der Waals surface area contributed by atoms with Crippen molar-refractivity contribution in [3.63, 3.8) is 0 Å². The second-order valence-corrected chi connectivity index (χ2v) is 5.82. The van der Waals surface area contributed by atoms with Crippen LogP contribution in [0.5, 0.6) is 0 Å². The van der Waals surface area contributed by atoms with E-state index in [1.807, 2.05) is 24.3 Å². The van der Waals surface area contributed by atoms with Crippen LogP contribution in [-0.4, -0.2) is 9.55 Å². The standard InChI is InChI=1S/C15H10BrClN2O/c16-11-3-1-2-10(6-11)8-19-9-18-14-5-4-12(17)7-13(14)15(19)20/h1-7,9H,8H2. The summed E-state index contributed by atoms with van der Waals surface area (Å²) in [5.41, 5.74) is 1.60. The van der Waals surface area contributed by atoms with E-state index < -0.39 is 0 Å². The highest BCUT2D eigenvalue weighted by Gasteiger charge is 2.05. The minimum absolute atomic E-state index is 0.0857. The zero-order valence-electron chi connectivity index (χ0n) is 10.4. The molecule has 0 N–H and O–H groups in total. The lowest BCUT2D eigenvalue weighted by Gasteiger charge is -2.07. The van der Waals surface area contributed by atoms with Crippen LogP contribution in [0.1, 0.15) is 5.56 Å². The van der Waals surface area contributed by atoms with Crippen LogP contribution in [-0.2, 0) is 6.54 Å². The van der Waals surface area contributed by atoms with Crippen LogP contribution in [0.15, 0.2) is 58.1 Å². The minimum Gasteiger partial charge on any atom is -0.294 e. The number of fused-ring (bicyclic) bond motifs is 1. The van der Waals surface area contributed by atoms with E-state index in [1.54, 1.807) is 29.1 Å². The third-order valence-electron chi connectivity index (χ3n) is 3.03. The lowest BCUT2D eigenvalue weighted by atomic mass is 10.2. The van der Waals surface area contributed by atoms with Crippen molar-refractivity contribution in [2.75, 3.05) is 0 Å². The van der Waals surface area contributed by atoms with Gasteiger partial charge in [0, 0.05) is 9.50 Å².